The summed E-state index contributed by atoms with van der Waals surface area (Å²) >= 11 is 0. The van der Waals surface area contributed by atoms with E-state index in [1.165, 1.54) is 25.1 Å². The molecule has 3 rings (SSSR count). The number of piperidine rings is 1. The molecule has 0 bridgehead atoms. The standard InChI is InChI=1S/C18H23FN2O4/c1-12(22)20-7-5-13(6-8-20)18(24)21-10-16(23)17(11-21)25-15-4-2-3-14(19)9-15/h2-4,9,13,16-17,23H,5-8,10-11H2,1H3/t16-,17-/m1/s1. The number of hydrogen-bond acceptors (Lipinski definition) is 4. The first-order valence-electron chi connectivity index (χ1n) is 8.58. The SMILES string of the molecule is CC(=O)N1CCC(C(=O)N2C[C@@H](O)[C@H](Oc3cccc(F)c3)C2)CC1. The summed E-state index contributed by atoms with van der Waals surface area (Å²) < 4.78 is 18.9. The van der Waals surface area contributed by atoms with Gasteiger partial charge in [0.25, 0.3) is 0 Å². The molecule has 6 nitrogen and oxygen atoms in total. The summed E-state index contributed by atoms with van der Waals surface area (Å²) in [5, 5.41) is 10.2. The Balaban J connectivity index is 1.56. The number of halogens is 1. The van der Waals surface area contributed by atoms with Crippen LogP contribution in [-0.4, -0.2) is 65.1 Å². The van der Waals surface area contributed by atoms with E-state index in [1.54, 1.807) is 15.9 Å². The molecule has 1 aromatic rings. The Hall–Kier alpha value is -2.15. The molecule has 0 aliphatic carbocycles. The fourth-order valence-corrected chi connectivity index (χ4v) is 3.47. The molecule has 7 heteroatoms. The Morgan fingerprint density at radius 3 is 2.56 bits per heavy atom. The molecule has 2 amide bonds. The van der Waals surface area contributed by atoms with Crippen LogP contribution in [0.1, 0.15) is 19.8 Å². The number of carbonyl (C=O) groups is 2. The summed E-state index contributed by atoms with van der Waals surface area (Å²) in [4.78, 5) is 27.4. The van der Waals surface area contributed by atoms with Crippen molar-refractivity contribution in [1.82, 2.24) is 9.80 Å². The van der Waals surface area contributed by atoms with Crippen LogP contribution in [-0.2, 0) is 9.59 Å². The molecule has 0 unspecified atom stereocenters. The van der Waals surface area contributed by atoms with Crippen molar-refractivity contribution in [3.8, 4) is 5.75 Å². The van der Waals surface area contributed by atoms with Crippen LogP contribution in [0.3, 0.4) is 0 Å². The van der Waals surface area contributed by atoms with E-state index in [2.05, 4.69) is 0 Å². The minimum atomic E-state index is -0.801. The molecule has 1 N–H and O–H groups in total. The van der Waals surface area contributed by atoms with Crippen LogP contribution >= 0.6 is 0 Å². The van der Waals surface area contributed by atoms with Gasteiger partial charge < -0.3 is 19.6 Å². The lowest BCUT2D eigenvalue weighted by molar-refractivity contribution is -0.139. The fourth-order valence-electron chi connectivity index (χ4n) is 3.47. The Kier molecular flexibility index (Phi) is 5.22. The number of β-amino-alcohol motifs (C(OH)–C–C–N with tert-alkyl or cyclic N) is 1. The number of rotatable bonds is 3. The molecule has 0 aromatic heterocycles. The fraction of sp³-hybridized carbons (Fsp3) is 0.556. The summed E-state index contributed by atoms with van der Waals surface area (Å²) in [7, 11) is 0. The number of ether oxygens (including phenoxy) is 1. The van der Waals surface area contributed by atoms with Gasteiger partial charge in [-0.3, -0.25) is 9.59 Å². The molecule has 0 radical (unpaired) electrons. The maximum atomic E-state index is 13.2. The summed E-state index contributed by atoms with van der Waals surface area (Å²) in [6, 6.07) is 5.74. The van der Waals surface area contributed by atoms with Crippen LogP contribution in [0, 0.1) is 11.7 Å². The zero-order valence-electron chi connectivity index (χ0n) is 14.2. The molecule has 2 aliphatic heterocycles. The topological polar surface area (TPSA) is 70.1 Å². The van der Waals surface area contributed by atoms with Gasteiger partial charge in [0.2, 0.25) is 11.8 Å². The molecule has 2 aliphatic rings. The van der Waals surface area contributed by atoms with Crippen molar-refractivity contribution in [3.63, 3.8) is 0 Å². The molecular weight excluding hydrogens is 327 g/mol. The van der Waals surface area contributed by atoms with Crippen LogP contribution in [0.15, 0.2) is 24.3 Å². The van der Waals surface area contributed by atoms with Crippen molar-refractivity contribution in [2.75, 3.05) is 26.2 Å². The molecule has 25 heavy (non-hydrogen) atoms. The first kappa shape index (κ1) is 17.7. The predicted octanol–water partition coefficient (Wildman–Crippen LogP) is 1.03. The van der Waals surface area contributed by atoms with Gasteiger partial charge in [-0.1, -0.05) is 6.07 Å². The number of amides is 2. The molecule has 2 heterocycles. The number of hydrogen-bond donors (Lipinski definition) is 1. The van der Waals surface area contributed by atoms with Gasteiger partial charge in [0.05, 0.1) is 13.1 Å². The summed E-state index contributed by atoms with van der Waals surface area (Å²) in [6.45, 7) is 3.21. The third-order valence-electron chi connectivity index (χ3n) is 4.92. The van der Waals surface area contributed by atoms with E-state index < -0.39 is 18.0 Å². The maximum Gasteiger partial charge on any atom is 0.226 e. The van der Waals surface area contributed by atoms with E-state index >= 15 is 0 Å². The summed E-state index contributed by atoms with van der Waals surface area (Å²) in [5.41, 5.74) is 0. The minimum Gasteiger partial charge on any atom is -0.486 e. The number of likely N-dealkylation sites (tertiary alicyclic amines) is 2. The van der Waals surface area contributed by atoms with Crippen LogP contribution in [0.4, 0.5) is 4.39 Å². The van der Waals surface area contributed by atoms with E-state index in [4.69, 9.17) is 4.74 Å². The molecule has 1 aromatic carbocycles. The van der Waals surface area contributed by atoms with Crippen molar-refractivity contribution in [3.05, 3.63) is 30.1 Å². The Morgan fingerprint density at radius 1 is 1.20 bits per heavy atom. The van der Waals surface area contributed by atoms with E-state index in [0.29, 0.717) is 31.7 Å². The van der Waals surface area contributed by atoms with E-state index in [1.807, 2.05) is 0 Å². The van der Waals surface area contributed by atoms with Crippen molar-refractivity contribution < 1.29 is 23.8 Å². The Labute approximate surface area is 146 Å². The second-order valence-electron chi connectivity index (χ2n) is 6.70. The minimum absolute atomic E-state index is 0.00686. The van der Waals surface area contributed by atoms with Crippen molar-refractivity contribution in [1.29, 1.82) is 0 Å². The van der Waals surface area contributed by atoms with Gasteiger partial charge in [-0.2, -0.15) is 0 Å². The van der Waals surface area contributed by atoms with Crippen LogP contribution < -0.4 is 4.74 Å². The largest absolute Gasteiger partial charge is 0.486 e. The Morgan fingerprint density at radius 2 is 1.92 bits per heavy atom. The van der Waals surface area contributed by atoms with Crippen LogP contribution in [0.2, 0.25) is 0 Å². The van der Waals surface area contributed by atoms with E-state index in [0.717, 1.165) is 0 Å². The highest BCUT2D eigenvalue weighted by molar-refractivity contribution is 5.80. The van der Waals surface area contributed by atoms with Gasteiger partial charge in [-0.25, -0.2) is 4.39 Å². The molecule has 0 saturated carbocycles. The zero-order chi connectivity index (χ0) is 18.0. The number of aliphatic hydroxyl groups excluding tert-OH is 1. The monoisotopic (exact) mass is 350 g/mol. The number of aliphatic hydroxyl groups is 1. The van der Waals surface area contributed by atoms with Crippen LogP contribution in [0.25, 0.3) is 0 Å². The van der Waals surface area contributed by atoms with Gasteiger partial charge >= 0.3 is 0 Å². The summed E-state index contributed by atoms with van der Waals surface area (Å²) in [6.07, 6.45) is -0.0893. The highest BCUT2D eigenvalue weighted by atomic mass is 19.1. The maximum absolute atomic E-state index is 13.2. The average molecular weight is 350 g/mol. The van der Waals surface area contributed by atoms with Gasteiger partial charge in [-0.15, -0.1) is 0 Å². The number of carbonyl (C=O) groups excluding carboxylic acids is 2. The van der Waals surface area contributed by atoms with Gasteiger partial charge in [0.1, 0.15) is 23.8 Å². The molecule has 2 saturated heterocycles. The third kappa shape index (κ3) is 4.10. The van der Waals surface area contributed by atoms with Crippen molar-refractivity contribution in [2.24, 2.45) is 5.92 Å². The average Bonchev–Trinajstić information content (AvgIpc) is 2.95. The first-order chi connectivity index (χ1) is 11.9. The van der Waals surface area contributed by atoms with Crippen LogP contribution in [0.5, 0.6) is 5.75 Å². The molecule has 0 spiro atoms. The molecule has 2 fully saturated rings. The normalized spacial score (nSPS) is 24.4. The van der Waals surface area contributed by atoms with Crippen molar-refractivity contribution in [2.45, 2.75) is 32.0 Å². The van der Waals surface area contributed by atoms with Gasteiger partial charge in [0, 0.05) is 32.0 Å². The molecule has 2 atom stereocenters. The first-order valence-corrected chi connectivity index (χ1v) is 8.58. The lowest BCUT2D eigenvalue weighted by atomic mass is 9.95. The predicted molar refractivity (Wildman–Crippen MR) is 88.4 cm³/mol. The molecular formula is C18H23FN2O4. The highest BCUT2D eigenvalue weighted by Gasteiger charge is 2.38. The van der Waals surface area contributed by atoms with Gasteiger partial charge in [0.15, 0.2) is 0 Å². The quantitative estimate of drug-likeness (QED) is 0.884. The van der Waals surface area contributed by atoms with Crippen molar-refractivity contribution >= 4 is 11.8 Å². The molecule has 136 valence electrons. The van der Waals surface area contributed by atoms with E-state index in [9.17, 15) is 19.1 Å². The Bertz CT molecular complexity index is 646. The number of nitrogens with zero attached hydrogens (tertiary/aromatic N) is 2. The third-order valence-corrected chi connectivity index (χ3v) is 4.92. The number of benzene rings is 1. The smallest absolute Gasteiger partial charge is 0.226 e. The second kappa shape index (κ2) is 7.39. The lowest BCUT2D eigenvalue weighted by Gasteiger charge is -2.32. The summed E-state index contributed by atoms with van der Waals surface area (Å²) in [5.74, 6) is -0.169. The van der Waals surface area contributed by atoms with Gasteiger partial charge in [-0.05, 0) is 25.0 Å². The van der Waals surface area contributed by atoms with E-state index in [-0.39, 0.29) is 30.8 Å². The lowest BCUT2D eigenvalue weighted by Crippen LogP contribution is -2.43. The second-order valence-corrected chi connectivity index (χ2v) is 6.70. The highest BCUT2D eigenvalue weighted by Crippen LogP contribution is 2.24. The zero-order valence-corrected chi connectivity index (χ0v) is 14.2.